The van der Waals surface area contributed by atoms with Crippen LogP contribution in [0.3, 0.4) is 0 Å². The van der Waals surface area contributed by atoms with Gasteiger partial charge in [-0.05, 0) is 16.8 Å². The molecule has 0 aliphatic rings. The smallest absolute Gasteiger partial charge is 0.206 e. The molecule has 31 heavy (non-hydrogen) atoms. The topological polar surface area (TPSA) is 25.8 Å². The molecule has 4 aromatic carbocycles. The predicted molar refractivity (Wildman–Crippen MR) is 133 cm³/mol. The summed E-state index contributed by atoms with van der Waals surface area (Å²) in [6, 6.07) is 35.8. The van der Waals surface area contributed by atoms with Gasteiger partial charge < -0.3 is 0 Å². The van der Waals surface area contributed by atoms with Crippen molar-refractivity contribution >= 4 is 21.7 Å². The molecule has 0 saturated carbocycles. The molecule has 0 saturated heterocycles. The zero-order valence-electron chi connectivity index (χ0n) is 17.6. The second-order valence-electron chi connectivity index (χ2n) is 7.68. The van der Waals surface area contributed by atoms with Gasteiger partial charge in [0.25, 0.3) is 0 Å². The van der Waals surface area contributed by atoms with Crippen LogP contribution < -0.4 is 0 Å². The molecular formula is C28H23N2S+. The van der Waals surface area contributed by atoms with E-state index in [0.717, 1.165) is 33.9 Å². The molecule has 150 valence electrons. The molecule has 2 nitrogen and oxygen atoms in total. The standard InChI is InChI=1S/C28H23N2S/c1-31(2)27-25(21-12-5-3-6-13-21)29-28(22-14-7-4-8-15-22)30-26(27)24-18-17-20-11-9-10-16-23(20)19-24/h3-19H,1-2H3/q+1. The molecule has 1 heterocycles. The quantitative estimate of drug-likeness (QED) is 0.297. The molecule has 0 bridgehead atoms. The van der Waals surface area contributed by atoms with Crippen LogP contribution in [0.2, 0.25) is 0 Å². The van der Waals surface area contributed by atoms with E-state index < -0.39 is 0 Å². The van der Waals surface area contributed by atoms with Gasteiger partial charge in [-0.15, -0.1) is 0 Å². The van der Waals surface area contributed by atoms with Crippen molar-refractivity contribution < 1.29 is 0 Å². The lowest BCUT2D eigenvalue weighted by atomic mass is 10.0. The SMILES string of the molecule is C[S+](C)c1c(-c2ccccc2)nc(-c2ccccc2)nc1-c1ccc2ccccc2c1. The maximum Gasteiger partial charge on any atom is 0.206 e. The minimum absolute atomic E-state index is 0.0264. The Morgan fingerprint density at radius 1 is 0.516 bits per heavy atom. The molecule has 0 amide bonds. The third kappa shape index (κ3) is 3.85. The van der Waals surface area contributed by atoms with Gasteiger partial charge in [0.05, 0.1) is 0 Å². The van der Waals surface area contributed by atoms with Crippen LogP contribution in [-0.4, -0.2) is 22.5 Å². The van der Waals surface area contributed by atoms with Crippen LogP contribution in [-0.2, 0) is 10.9 Å². The fraction of sp³-hybridized carbons (Fsp3) is 0.0714. The summed E-state index contributed by atoms with van der Waals surface area (Å²) < 4.78 is 0. The van der Waals surface area contributed by atoms with E-state index in [9.17, 15) is 0 Å². The second kappa shape index (κ2) is 8.37. The van der Waals surface area contributed by atoms with Crippen molar-refractivity contribution in [1.29, 1.82) is 0 Å². The molecular weight excluding hydrogens is 396 g/mol. The van der Waals surface area contributed by atoms with Crippen LogP contribution in [0.1, 0.15) is 0 Å². The normalized spacial score (nSPS) is 11.2. The van der Waals surface area contributed by atoms with Crippen LogP contribution >= 0.6 is 0 Å². The van der Waals surface area contributed by atoms with E-state index in [-0.39, 0.29) is 10.9 Å². The third-order valence-electron chi connectivity index (χ3n) is 5.38. The summed E-state index contributed by atoms with van der Waals surface area (Å²) in [5, 5.41) is 2.46. The first-order valence-electron chi connectivity index (χ1n) is 10.3. The van der Waals surface area contributed by atoms with Crippen LogP contribution in [0.25, 0.3) is 44.7 Å². The molecule has 0 spiro atoms. The molecule has 0 N–H and O–H groups in total. The third-order valence-corrected chi connectivity index (χ3v) is 6.58. The average molecular weight is 420 g/mol. The van der Waals surface area contributed by atoms with Crippen molar-refractivity contribution in [2.45, 2.75) is 4.90 Å². The maximum atomic E-state index is 5.12. The van der Waals surface area contributed by atoms with E-state index in [0.29, 0.717) is 0 Å². The number of fused-ring (bicyclic) bond motifs is 1. The summed E-state index contributed by atoms with van der Waals surface area (Å²) in [6.45, 7) is 0. The molecule has 0 aliphatic carbocycles. The van der Waals surface area contributed by atoms with Crippen LogP contribution in [0.5, 0.6) is 0 Å². The van der Waals surface area contributed by atoms with Gasteiger partial charge >= 0.3 is 0 Å². The predicted octanol–water partition coefficient (Wildman–Crippen LogP) is 6.87. The second-order valence-corrected chi connectivity index (χ2v) is 9.73. The Bertz CT molecular complexity index is 1350. The number of rotatable bonds is 4. The number of nitrogens with zero attached hydrogens (tertiary/aromatic N) is 2. The Kier molecular flexibility index (Phi) is 5.27. The summed E-state index contributed by atoms with van der Waals surface area (Å²) in [5.41, 5.74) is 5.32. The van der Waals surface area contributed by atoms with Gasteiger partial charge in [-0.25, -0.2) is 9.97 Å². The summed E-state index contributed by atoms with van der Waals surface area (Å²) >= 11 is 0. The fourth-order valence-electron chi connectivity index (χ4n) is 3.88. The summed E-state index contributed by atoms with van der Waals surface area (Å²) in [4.78, 5) is 11.4. The van der Waals surface area contributed by atoms with E-state index in [1.165, 1.54) is 15.7 Å². The minimum atomic E-state index is -0.0264. The van der Waals surface area contributed by atoms with Gasteiger partial charge in [0.1, 0.15) is 23.9 Å². The first-order valence-corrected chi connectivity index (χ1v) is 12.3. The lowest BCUT2D eigenvalue weighted by Crippen LogP contribution is -2.08. The first kappa shape index (κ1) is 19.5. The van der Waals surface area contributed by atoms with Crippen LogP contribution in [0.4, 0.5) is 0 Å². The van der Waals surface area contributed by atoms with Crippen molar-refractivity contribution in [1.82, 2.24) is 9.97 Å². The highest BCUT2D eigenvalue weighted by Gasteiger charge is 2.27. The van der Waals surface area contributed by atoms with Crippen molar-refractivity contribution in [3.63, 3.8) is 0 Å². The Morgan fingerprint density at radius 2 is 1.06 bits per heavy atom. The van der Waals surface area contributed by atoms with E-state index in [2.05, 4.69) is 91.4 Å². The number of hydrogen-bond acceptors (Lipinski definition) is 2. The van der Waals surface area contributed by atoms with E-state index in [4.69, 9.17) is 9.97 Å². The first-order chi connectivity index (χ1) is 15.2. The van der Waals surface area contributed by atoms with Crippen molar-refractivity contribution in [2.75, 3.05) is 12.5 Å². The van der Waals surface area contributed by atoms with Crippen molar-refractivity contribution in [3.8, 4) is 33.9 Å². The Balaban J connectivity index is 1.83. The van der Waals surface area contributed by atoms with Crippen LogP contribution in [0.15, 0.2) is 108 Å². The van der Waals surface area contributed by atoms with Gasteiger partial charge in [-0.1, -0.05) is 97.1 Å². The maximum absolute atomic E-state index is 5.12. The Labute approximate surface area is 186 Å². The minimum Gasteiger partial charge on any atom is -0.223 e. The molecule has 0 aliphatic heterocycles. The van der Waals surface area contributed by atoms with Gasteiger partial charge in [0.15, 0.2) is 5.82 Å². The largest absolute Gasteiger partial charge is 0.223 e. The average Bonchev–Trinajstić information content (AvgIpc) is 2.84. The molecule has 0 fully saturated rings. The molecule has 5 aromatic rings. The van der Waals surface area contributed by atoms with Crippen molar-refractivity contribution in [2.24, 2.45) is 0 Å². The zero-order chi connectivity index (χ0) is 21.2. The lowest BCUT2D eigenvalue weighted by molar-refractivity contribution is 1.12. The Hall–Kier alpha value is -3.43. The molecule has 3 heteroatoms. The summed E-state index contributed by atoms with van der Waals surface area (Å²) in [6.07, 6.45) is 4.50. The fourth-order valence-corrected chi connectivity index (χ4v) is 4.98. The van der Waals surface area contributed by atoms with Crippen LogP contribution in [0, 0.1) is 0 Å². The highest BCUT2D eigenvalue weighted by atomic mass is 32.2. The number of benzene rings is 4. The van der Waals surface area contributed by atoms with Gasteiger partial charge in [-0.2, -0.15) is 0 Å². The highest BCUT2D eigenvalue weighted by Crippen LogP contribution is 2.36. The van der Waals surface area contributed by atoms with E-state index >= 15 is 0 Å². The zero-order valence-corrected chi connectivity index (χ0v) is 18.4. The van der Waals surface area contributed by atoms with E-state index in [1.807, 2.05) is 24.3 Å². The van der Waals surface area contributed by atoms with Gasteiger partial charge in [-0.3, -0.25) is 0 Å². The lowest BCUT2D eigenvalue weighted by Gasteiger charge is -2.14. The summed E-state index contributed by atoms with van der Waals surface area (Å²) in [7, 11) is -0.0264. The Morgan fingerprint density at radius 3 is 1.71 bits per heavy atom. The molecule has 0 unspecified atom stereocenters. The van der Waals surface area contributed by atoms with Gasteiger partial charge in [0.2, 0.25) is 4.90 Å². The number of aromatic nitrogens is 2. The molecule has 0 radical (unpaired) electrons. The monoisotopic (exact) mass is 419 g/mol. The van der Waals surface area contributed by atoms with Gasteiger partial charge in [0, 0.05) is 27.6 Å². The molecule has 1 aromatic heterocycles. The number of hydrogen-bond donors (Lipinski definition) is 0. The van der Waals surface area contributed by atoms with Crippen molar-refractivity contribution in [3.05, 3.63) is 103 Å². The summed E-state index contributed by atoms with van der Waals surface area (Å²) in [5.74, 6) is 0.761. The molecule has 0 atom stereocenters. The van der Waals surface area contributed by atoms with E-state index in [1.54, 1.807) is 0 Å². The molecule has 5 rings (SSSR count). The highest BCUT2D eigenvalue weighted by molar-refractivity contribution is 7.95.